The smallest absolute Gasteiger partial charge is 0.306 e. The number of carboxylic acid groups (broad SMARTS) is 1. The number of carbonyl (C=O) groups excluding carboxylic acids is 1. The maximum absolute atomic E-state index is 12.4. The Morgan fingerprint density at radius 2 is 2.23 bits per heavy atom. The molecule has 1 aliphatic rings. The molecule has 22 heavy (non-hydrogen) atoms. The standard InChI is InChI=1S/C14H16N2O6/c1-9-6-10(2-3-12(9)16(20)21)14(19)15-4-5-22-11(8-15)7-13(17)18/h2-3,6,11H,4-5,7-8H2,1H3,(H,17,18). The molecule has 1 atom stereocenters. The molecule has 1 aliphatic heterocycles. The Hall–Kier alpha value is -2.48. The van der Waals surface area contributed by atoms with Crippen LogP contribution in [0.5, 0.6) is 0 Å². The zero-order valence-electron chi connectivity index (χ0n) is 12.0. The molecule has 0 aromatic heterocycles. The van der Waals surface area contributed by atoms with Crippen LogP contribution in [0.1, 0.15) is 22.3 Å². The van der Waals surface area contributed by atoms with Gasteiger partial charge in [0.1, 0.15) is 0 Å². The highest BCUT2D eigenvalue weighted by atomic mass is 16.6. The van der Waals surface area contributed by atoms with Gasteiger partial charge >= 0.3 is 5.97 Å². The highest BCUT2D eigenvalue weighted by Gasteiger charge is 2.27. The molecule has 118 valence electrons. The number of hydrogen-bond acceptors (Lipinski definition) is 5. The number of rotatable bonds is 4. The molecule has 1 unspecified atom stereocenters. The lowest BCUT2D eigenvalue weighted by Gasteiger charge is -2.32. The largest absolute Gasteiger partial charge is 0.481 e. The van der Waals surface area contributed by atoms with Gasteiger partial charge in [0.2, 0.25) is 0 Å². The minimum absolute atomic E-state index is 0.0396. The summed E-state index contributed by atoms with van der Waals surface area (Å²) >= 11 is 0. The topological polar surface area (TPSA) is 110 Å². The molecular formula is C14H16N2O6. The first-order chi connectivity index (χ1) is 10.4. The van der Waals surface area contributed by atoms with Crippen LogP contribution < -0.4 is 0 Å². The normalized spacial score (nSPS) is 18.0. The Kier molecular flexibility index (Phi) is 4.71. The minimum atomic E-state index is -0.981. The summed E-state index contributed by atoms with van der Waals surface area (Å²) in [7, 11) is 0. The summed E-state index contributed by atoms with van der Waals surface area (Å²) in [6.07, 6.45) is -0.697. The number of nitrogens with zero attached hydrogens (tertiary/aromatic N) is 2. The van der Waals surface area contributed by atoms with Crippen molar-refractivity contribution in [2.24, 2.45) is 0 Å². The third-order valence-corrected chi connectivity index (χ3v) is 3.47. The van der Waals surface area contributed by atoms with E-state index < -0.39 is 17.0 Å². The number of aliphatic carboxylic acids is 1. The van der Waals surface area contributed by atoms with Crippen molar-refractivity contribution in [1.82, 2.24) is 4.90 Å². The van der Waals surface area contributed by atoms with Crippen molar-refractivity contribution < 1.29 is 24.4 Å². The van der Waals surface area contributed by atoms with Gasteiger partial charge in [0.15, 0.2) is 0 Å². The number of nitro groups is 1. The maximum atomic E-state index is 12.4. The Bertz CT molecular complexity index is 615. The molecular weight excluding hydrogens is 292 g/mol. The monoisotopic (exact) mass is 308 g/mol. The number of hydrogen-bond donors (Lipinski definition) is 1. The number of aryl methyl sites for hydroxylation is 1. The number of benzene rings is 1. The lowest BCUT2D eigenvalue weighted by molar-refractivity contribution is -0.385. The highest BCUT2D eigenvalue weighted by Crippen LogP contribution is 2.20. The molecule has 1 heterocycles. The second-order valence-electron chi connectivity index (χ2n) is 5.10. The fourth-order valence-corrected chi connectivity index (χ4v) is 2.40. The molecule has 1 aromatic rings. The van der Waals surface area contributed by atoms with E-state index in [2.05, 4.69) is 0 Å². The van der Waals surface area contributed by atoms with Gasteiger partial charge in [-0.1, -0.05) is 0 Å². The van der Waals surface area contributed by atoms with Crippen LogP contribution in [0.25, 0.3) is 0 Å². The van der Waals surface area contributed by atoms with Gasteiger partial charge in [0, 0.05) is 30.3 Å². The summed E-state index contributed by atoms with van der Waals surface area (Å²) < 4.78 is 5.32. The van der Waals surface area contributed by atoms with Crippen molar-refractivity contribution in [2.75, 3.05) is 19.7 Å². The van der Waals surface area contributed by atoms with Crippen LogP contribution in [0.3, 0.4) is 0 Å². The molecule has 1 amide bonds. The van der Waals surface area contributed by atoms with Crippen molar-refractivity contribution >= 4 is 17.6 Å². The van der Waals surface area contributed by atoms with E-state index in [4.69, 9.17) is 9.84 Å². The van der Waals surface area contributed by atoms with E-state index in [9.17, 15) is 19.7 Å². The lowest BCUT2D eigenvalue weighted by Crippen LogP contribution is -2.46. The molecule has 8 nitrogen and oxygen atoms in total. The van der Waals surface area contributed by atoms with Gasteiger partial charge in [-0.3, -0.25) is 19.7 Å². The average Bonchev–Trinajstić information content (AvgIpc) is 2.45. The predicted molar refractivity (Wildman–Crippen MR) is 75.7 cm³/mol. The van der Waals surface area contributed by atoms with Crippen LogP contribution in [-0.4, -0.2) is 52.6 Å². The second kappa shape index (κ2) is 6.52. The van der Waals surface area contributed by atoms with E-state index in [0.29, 0.717) is 17.7 Å². The number of carbonyl (C=O) groups is 2. The van der Waals surface area contributed by atoms with Crippen LogP contribution >= 0.6 is 0 Å². The van der Waals surface area contributed by atoms with Crippen molar-refractivity contribution in [3.63, 3.8) is 0 Å². The van der Waals surface area contributed by atoms with Gasteiger partial charge in [-0.15, -0.1) is 0 Å². The van der Waals surface area contributed by atoms with Crippen LogP contribution in [-0.2, 0) is 9.53 Å². The zero-order valence-corrected chi connectivity index (χ0v) is 12.0. The zero-order chi connectivity index (χ0) is 16.3. The first-order valence-corrected chi connectivity index (χ1v) is 6.76. The Labute approximate surface area is 126 Å². The van der Waals surface area contributed by atoms with E-state index in [-0.39, 0.29) is 31.2 Å². The Balaban J connectivity index is 2.12. The summed E-state index contributed by atoms with van der Waals surface area (Å²) in [5.74, 6) is -1.26. The Morgan fingerprint density at radius 1 is 1.50 bits per heavy atom. The number of carboxylic acids is 1. The highest BCUT2D eigenvalue weighted by molar-refractivity contribution is 5.94. The van der Waals surface area contributed by atoms with Gasteiger partial charge in [-0.25, -0.2) is 0 Å². The van der Waals surface area contributed by atoms with Gasteiger partial charge in [0.05, 0.1) is 24.1 Å². The fourth-order valence-electron chi connectivity index (χ4n) is 2.40. The van der Waals surface area contributed by atoms with Crippen LogP contribution in [0.2, 0.25) is 0 Å². The molecule has 1 saturated heterocycles. The van der Waals surface area contributed by atoms with Gasteiger partial charge in [-0.05, 0) is 19.1 Å². The SMILES string of the molecule is Cc1cc(C(=O)N2CCOC(CC(=O)O)C2)ccc1[N+](=O)[O-]. The average molecular weight is 308 g/mol. The fraction of sp³-hybridized carbons (Fsp3) is 0.429. The molecule has 8 heteroatoms. The summed E-state index contributed by atoms with van der Waals surface area (Å²) in [6, 6.07) is 4.19. The van der Waals surface area contributed by atoms with Gasteiger partial charge in [-0.2, -0.15) is 0 Å². The molecule has 0 saturated carbocycles. The number of morpholine rings is 1. The van der Waals surface area contributed by atoms with E-state index in [1.165, 1.54) is 23.1 Å². The van der Waals surface area contributed by atoms with E-state index in [1.54, 1.807) is 6.92 Å². The molecule has 2 rings (SSSR count). The third-order valence-electron chi connectivity index (χ3n) is 3.47. The molecule has 1 fully saturated rings. The van der Waals surface area contributed by atoms with Gasteiger partial charge < -0.3 is 14.7 Å². The predicted octanol–water partition coefficient (Wildman–Crippen LogP) is 1.22. The van der Waals surface area contributed by atoms with Gasteiger partial charge in [0.25, 0.3) is 11.6 Å². The van der Waals surface area contributed by atoms with Crippen molar-refractivity contribution in [1.29, 1.82) is 0 Å². The lowest BCUT2D eigenvalue weighted by atomic mass is 10.1. The number of nitro benzene ring substituents is 1. The molecule has 0 aliphatic carbocycles. The maximum Gasteiger partial charge on any atom is 0.306 e. The summed E-state index contributed by atoms with van der Waals surface area (Å²) in [5.41, 5.74) is 0.715. The van der Waals surface area contributed by atoms with Crippen molar-refractivity contribution in [3.8, 4) is 0 Å². The minimum Gasteiger partial charge on any atom is -0.481 e. The van der Waals surface area contributed by atoms with Crippen LogP contribution in [0.4, 0.5) is 5.69 Å². The van der Waals surface area contributed by atoms with E-state index in [0.717, 1.165) is 0 Å². The Morgan fingerprint density at radius 3 is 2.82 bits per heavy atom. The summed E-state index contributed by atoms with van der Waals surface area (Å²) in [4.78, 5) is 34.9. The van der Waals surface area contributed by atoms with E-state index >= 15 is 0 Å². The molecule has 1 N–H and O–H groups in total. The molecule has 1 aromatic carbocycles. The van der Waals surface area contributed by atoms with E-state index in [1.807, 2.05) is 0 Å². The second-order valence-corrected chi connectivity index (χ2v) is 5.10. The quantitative estimate of drug-likeness (QED) is 0.661. The molecule has 0 bridgehead atoms. The van der Waals surface area contributed by atoms with Crippen LogP contribution in [0.15, 0.2) is 18.2 Å². The number of amides is 1. The third kappa shape index (κ3) is 3.59. The first kappa shape index (κ1) is 15.9. The van der Waals surface area contributed by atoms with Crippen LogP contribution in [0, 0.1) is 17.0 Å². The summed E-state index contributed by atoms with van der Waals surface area (Å²) in [6.45, 7) is 2.41. The number of ether oxygens (including phenoxy) is 1. The first-order valence-electron chi connectivity index (χ1n) is 6.76. The molecule has 0 spiro atoms. The van der Waals surface area contributed by atoms with Crippen molar-refractivity contribution in [3.05, 3.63) is 39.4 Å². The summed E-state index contributed by atoms with van der Waals surface area (Å²) in [5, 5.41) is 19.6. The molecule has 0 radical (unpaired) electrons. The van der Waals surface area contributed by atoms with Crippen molar-refractivity contribution in [2.45, 2.75) is 19.4 Å².